The Morgan fingerprint density at radius 3 is 1.81 bits per heavy atom. The van der Waals surface area contributed by atoms with Crippen LogP contribution in [0.25, 0.3) is 22.3 Å². The van der Waals surface area contributed by atoms with Crippen molar-refractivity contribution in [2.75, 3.05) is 0 Å². The third-order valence-corrected chi connectivity index (χ3v) is 5.75. The van der Waals surface area contributed by atoms with Crippen molar-refractivity contribution in [1.29, 1.82) is 0 Å². The van der Waals surface area contributed by atoms with Crippen LogP contribution in [-0.2, 0) is 6.61 Å². The van der Waals surface area contributed by atoms with E-state index in [1.807, 2.05) is 0 Å². The number of rotatable bonds is 3. The maximum absolute atomic E-state index is 9.67. The normalized spacial score (nSPS) is 11.0. The second-order valence-corrected chi connectivity index (χ2v) is 7.82. The van der Waals surface area contributed by atoms with Gasteiger partial charge in [0.05, 0.1) is 32.4 Å². The Morgan fingerprint density at radius 2 is 1.23 bits per heavy atom. The molecule has 0 spiro atoms. The molecule has 1 aromatic heterocycles. The predicted octanol–water partition coefficient (Wildman–Crippen LogP) is 7.83. The van der Waals surface area contributed by atoms with E-state index in [2.05, 4.69) is 4.98 Å². The number of benzene rings is 2. The van der Waals surface area contributed by atoms with E-state index in [1.54, 1.807) is 36.5 Å². The van der Waals surface area contributed by atoms with Crippen LogP contribution < -0.4 is 0 Å². The van der Waals surface area contributed by atoms with Crippen molar-refractivity contribution in [1.82, 2.24) is 4.98 Å². The average Bonchev–Trinajstić information content (AvgIpc) is 2.60. The number of halogens is 6. The maximum atomic E-state index is 9.67. The summed E-state index contributed by atoms with van der Waals surface area (Å²) in [7, 11) is 0. The van der Waals surface area contributed by atoms with Crippen molar-refractivity contribution in [2.24, 2.45) is 0 Å². The van der Waals surface area contributed by atoms with E-state index < -0.39 is 0 Å². The van der Waals surface area contributed by atoms with Crippen LogP contribution in [0.15, 0.2) is 36.5 Å². The molecule has 0 saturated carbocycles. The molecule has 0 aliphatic heterocycles. The van der Waals surface area contributed by atoms with E-state index in [4.69, 9.17) is 69.6 Å². The topological polar surface area (TPSA) is 33.1 Å². The number of hydrogen-bond acceptors (Lipinski definition) is 2. The second kappa shape index (κ2) is 8.12. The van der Waals surface area contributed by atoms with Gasteiger partial charge in [-0.05, 0) is 30.3 Å². The van der Waals surface area contributed by atoms with E-state index in [-0.39, 0.29) is 6.61 Å². The standard InChI is InChI=1S/C18H9Cl6NO/c19-9-2-11(17(23)14(21)4-9)8-1-12(16(7-26)25-6-8)13-3-10(20)5-15(22)18(13)24/h1-6,26H,7H2. The van der Waals surface area contributed by atoms with Gasteiger partial charge in [-0.1, -0.05) is 69.6 Å². The van der Waals surface area contributed by atoms with Crippen LogP contribution >= 0.6 is 69.6 Å². The highest BCUT2D eigenvalue weighted by molar-refractivity contribution is 6.45. The zero-order valence-electron chi connectivity index (χ0n) is 12.8. The molecule has 0 fully saturated rings. The van der Waals surface area contributed by atoms with Crippen molar-refractivity contribution < 1.29 is 5.11 Å². The van der Waals surface area contributed by atoms with Gasteiger partial charge in [-0.25, -0.2) is 0 Å². The van der Waals surface area contributed by atoms with Gasteiger partial charge in [0.1, 0.15) is 0 Å². The third kappa shape index (κ3) is 3.93. The molecule has 0 aliphatic rings. The van der Waals surface area contributed by atoms with Crippen LogP contribution in [0.3, 0.4) is 0 Å². The van der Waals surface area contributed by atoms with Crippen molar-refractivity contribution in [3.63, 3.8) is 0 Å². The molecule has 0 unspecified atom stereocenters. The fourth-order valence-electron chi connectivity index (χ4n) is 2.52. The molecule has 0 bridgehead atoms. The van der Waals surface area contributed by atoms with Crippen LogP contribution in [-0.4, -0.2) is 10.1 Å². The zero-order chi connectivity index (χ0) is 19.0. The molecular formula is C18H9Cl6NO. The predicted molar refractivity (Wildman–Crippen MR) is 111 cm³/mol. The van der Waals surface area contributed by atoms with Crippen molar-refractivity contribution in [3.8, 4) is 22.3 Å². The largest absolute Gasteiger partial charge is 0.390 e. The molecule has 0 atom stereocenters. The van der Waals surface area contributed by atoms with Gasteiger partial charge in [0.2, 0.25) is 0 Å². The average molecular weight is 468 g/mol. The molecule has 8 heteroatoms. The summed E-state index contributed by atoms with van der Waals surface area (Å²) < 4.78 is 0. The van der Waals surface area contributed by atoms with Gasteiger partial charge >= 0.3 is 0 Å². The fourth-order valence-corrected chi connectivity index (χ4v) is 3.93. The molecule has 3 aromatic rings. The minimum Gasteiger partial charge on any atom is -0.390 e. The summed E-state index contributed by atoms with van der Waals surface area (Å²) in [5, 5.41) is 11.8. The number of aliphatic hydroxyl groups is 1. The Labute approximate surface area is 180 Å². The second-order valence-electron chi connectivity index (χ2n) is 5.37. The molecular weight excluding hydrogens is 459 g/mol. The lowest BCUT2D eigenvalue weighted by molar-refractivity contribution is 0.277. The first-order valence-corrected chi connectivity index (χ1v) is 9.48. The summed E-state index contributed by atoms with van der Waals surface area (Å²) in [6.45, 7) is -0.292. The summed E-state index contributed by atoms with van der Waals surface area (Å²) in [6.07, 6.45) is 1.57. The molecule has 26 heavy (non-hydrogen) atoms. The summed E-state index contributed by atoms with van der Waals surface area (Å²) in [4.78, 5) is 4.31. The van der Waals surface area contributed by atoms with E-state index in [9.17, 15) is 5.11 Å². The van der Waals surface area contributed by atoms with E-state index in [0.29, 0.717) is 58.1 Å². The number of nitrogens with zero attached hydrogens (tertiary/aromatic N) is 1. The maximum Gasteiger partial charge on any atom is 0.0859 e. The van der Waals surface area contributed by atoms with Crippen LogP contribution in [0.2, 0.25) is 30.1 Å². The Morgan fingerprint density at radius 1 is 0.692 bits per heavy atom. The van der Waals surface area contributed by atoms with Gasteiger partial charge in [-0.3, -0.25) is 4.98 Å². The molecule has 134 valence electrons. The molecule has 2 aromatic carbocycles. The quantitative estimate of drug-likeness (QED) is 0.398. The lowest BCUT2D eigenvalue weighted by Crippen LogP contribution is -1.96. The summed E-state index contributed by atoms with van der Waals surface area (Å²) in [6, 6.07) is 8.21. The van der Waals surface area contributed by atoms with Gasteiger partial charge in [-0.2, -0.15) is 0 Å². The molecule has 2 nitrogen and oxygen atoms in total. The van der Waals surface area contributed by atoms with Gasteiger partial charge in [-0.15, -0.1) is 0 Å². The van der Waals surface area contributed by atoms with Crippen molar-refractivity contribution in [3.05, 3.63) is 72.4 Å². The highest BCUT2D eigenvalue weighted by atomic mass is 35.5. The van der Waals surface area contributed by atoms with E-state index >= 15 is 0 Å². The first-order valence-electron chi connectivity index (χ1n) is 7.21. The highest BCUT2D eigenvalue weighted by Crippen LogP contribution is 2.41. The molecule has 1 N–H and O–H groups in total. The number of hydrogen-bond donors (Lipinski definition) is 1. The van der Waals surface area contributed by atoms with Crippen LogP contribution in [0.5, 0.6) is 0 Å². The minimum absolute atomic E-state index is 0.292. The van der Waals surface area contributed by atoms with E-state index in [1.165, 1.54) is 0 Å². The van der Waals surface area contributed by atoms with Crippen LogP contribution in [0, 0.1) is 0 Å². The van der Waals surface area contributed by atoms with Gasteiger partial charge in [0.25, 0.3) is 0 Å². The summed E-state index contributed by atoms with van der Waals surface area (Å²) in [5.74, 6) is 0. The third-order valence-electron chi connectivity index (χ3n) is 3.71. The van der Waals surface area contributed by atoms with Gasteiger partial charge in [0, 0.05) is 38.5 Å². The van der Waals surface area contributed by atoms with Crippen LogP contribution in [0.1, 0.15) is 5.69 Å². The molecule has 1 heterocycles. The highest BCUT2D eigenvalue weighted by Gasteiger charge is 2.17. The summed E-state index contributed by atoms with van der Waals surface area (Å²) >= 11 is 37.1. The van der Waals surface area contributed by atoms with Gasteiger partial charge in [0.15, 0.2) is 0 Å². The lowest BCUT2D eigenvalue weighted by Gasteiger charge is -2.14. The van der Waals surface area contributed by atoms with Gasteiger partial charge < -0.3 is 5.11 Å². The molecule has 3 rings (SSSR count). The Kier molecular flexibility index (Phi) is 6.25. The Hall–Kier alpha value is -0.710. The number of pyridine rings is 1. The van der Waals surface area contributed by atoms with Crippen molar-refractivity contribution >= 4 is 69.6 Å². The first kappa shape index (κ1) is 20.0. The number of aromatic nitrogens is 1. The fraction of sp³-hybridized carbons (Fsp3) is 0.0556. The molecule has 0 amide bonds. The Bertz CT molecular complexity index is 1010. The van der Waals surface area contributed by atoms with Crippen molar-refractivity contribution in [2.45, 2.75) is 6.61 Å². The Balaban J connectivity index is 2.27. The van der Waals surface area contributed by atoms with E-state index in [0.717, 1.165) is 0 Å². The van der Waals surface area contributed by atoms with Crippen LogP contribution in [0.4, 0.5) is 0 Å². The molecule has 0 saturated heterocycles. The zero-order valence-corrected chi connectivity index (χ0v) is 17.4. The molecule has 0 radical (unpaired) electrons. The smallest absolute Gasteiger partial charge is 0.0859 e. The number of aliphatic hydroxyl groups excluding tert-OH is 1. The minimum atomic E-state index is -0.292. The first-order chi connectivity index (χ1) is 12.3. The lowest BCUT2D eigenvalue weighted by atomic mass is 9.99. The summed E-state index contributed by atoms with van der Waals surface area (Å²) in [5.41, 5.74) is 2.79. The SMILES string of the molecule is OCc1ncc(-c2cc(Cl)cc(Cl)c2Cl)cc1-c1cc(Cl)cc(Cl)c1Cl. The monoisotopic (exact) mass is 465 g/mol. The molecule has 0 aliphatic carbocycles.